The number of anilines is 1. The van der Waals surface area contributed by atoms with Gasteiger partial charge in [-0.1, -0.05) is 30.3 Å². The second-order valence-corrected chi connectivity index (χ2v) is 9.95. The van der Waals surface area contributed by atoms with Crippen molar-refractivity contribution in [1.82, 2.24) is 15.2 Å². The fourth-order valence-electron chi connectivity index (χ4n) is 4.17. The minimum absolute atomic E-state index is 0.0829. The number of benzene rings is 2. The molecule has 0 fully saturated rings. The van der Waals surface area contributed by atoms with Crippen molar-refractivity contribution in [3.63, 3.8) is 0 Å². The minimum atomic E-state index is -3.93. The maximum Gasteiger partial charge on any atom is 0.338 e. The molecule has 0 aliphatic carbocycles. The van der Waals surface area contributed by atoms with Crippen molar-refractivity contribution in [3.05, 3.63) is 77.6 Å². The highest BCUT2D eigenvalue weighted by molar-refractivity contribution is 7.93. The van der Waals surface area contributed by atoms with Crippen LogP contribution in [0.5, 0.6) is 0 Å². The standard InChI is InChI=1S/C25H26N4O4S2/c1-4-29-16(3)21(24(30)33-5-2)23(27-25(29)34)18-10-6-12-19(15-18)28-35(31,32)20-13-7-9-17-11-8-14-26-22(17)20/h6-15,23,28H,4-5H2,1-3H3,(H,27,34). The van der Waals surface area contributed by atoms with Gasteiger partial charge in [-0.05, 0) is 62.8 Å². The third kappa shape index (κ3) is 4.85. The third-order valence-electron chi connectivity index (χ3n) is 5.77. The largest absolute Gasteiger partial charge is 0.463 e. The molecule has 4 rings (SSSR count). The highest BCUT2D eigenvalue weighted by Gasteiger charge is 2.34. The lowest BCUT2D eigenvalue weighted by atomic mass is 9.94. The molecule has 2 heterocycles. The van der Waals surface area contributed by atoms with Crippen LogP contribution < -0.4 is 10.0 Å². The summed E-state index contributed by atoms with van der Waals surface area (Å²) in [4.78, 5) is 19.0. The van der Waals surface area contributed by atoms with Gasteiger partial charge in [-0.25, -0.2) is 13.2 Å². The summed E-state index contributed by atoms with van der Waals surface area (Å²) in [5, 5.41) is 4.42. The summed E-state index contributed by atoms with van der Waals surface area (Å²) >= 11 is 5.52. The number of nitrogens with one attached hydrogen (secondary N) is 2. The fraction of sp³-hybridized carbons (Fsp3) is 0.240. The summed E-state index contributed by atoms with van der Waals surface area (Å²) in [7, 11) is -3.93. The molecule has 0 spiro atoms. The minimum Gasteiger partial charge on any atom is -0.463 e. The number of aromatic nitrogens is 1. The topological polar surface area (TPSA) is 101 Å². The maximum absolute atomic E-state index is 13.3. The molecule has 35 heavy (non-hydrogen) atoms. The molecule has 0 saturated heterocycles. The number of fused-ring (bicyclic) bond motifs is 1. The van der Waals surface area contributed by atoms with E-state index in [1.165, 1.54) is 6.07 Å². The molecular weight excluding hydrogens is 484 g/mol. The highest BCUT2D eigenvalue weighted by atomic mass is 32.2. The number of hydrogen-bond donors (Lipinski definition) is 2. The van der Waals surface area contributed by atoms with Crippen molar-refractivity contribution in [2.24, 2.45) is 0 Å². The van der Waals surface area contributed by atoms with E-state index in [2.05, 4.69) is 15.0 Å². The van der Waals surface area contributed by atoms with Crippen LogP contribution in [0.1, 0.15) is 32.4 Å². The zero-order chi connectivity index (χ0) is 25.2. The number of thiocarbonyl (C=S) groups is 1. The van der Waals surface area contributed by atoms with Crippen LogP contribution in [-0.4, -0.2) is 42.5 Å². The van der Waals surface area contributed by atoms with Crippen molar-refractivity contribution < 1.29 is 17.9 Å². The second kappa shape index (κ2) is 10.0. The molecule has 1 atom stereocenters. The molecular formula is C25H26N4O4S2. The van der Waals surface area contributed by atoms with Gasteiger partial charge in [-0.2, -0.15) is 0 Å². The number of carbonyl (C=O) groups is 1. The van der Waals surface area contributed by atoms with E-state index in [0.29, 0.717) is 39.7 Å². The van der Waals surface area contributed by atoms with Crippen LogP contribution in [0.2, 0.25) is 0 Å². The molecule has 182 valence electrons. The first-order valence-electron chi connectivity index (χ1n) is 11.2. The molecule has 1 aromatic heterocycles. The first kappa shape index (κ1) is 24.6. The van der Waals surface area contributed by atoms with Crippen molar-refractivity contribution in [2.75, 3.05) is 17.9 Å². The predicted octanol–water partition coefficient (Wildman–Crippen LogP) is 4.12. The van der Waals surface area contributed by atoms with Crippen molar-refractivity contribution in [1.29, 1.82) is 0 Å². The van der Waals surface area contributed by atoms with E-state index >= 15 is 0 Å². The number of sulfonamides is 1. The third-order valence-corrected chi connectivity index (χ3v) is 7.52. The van der Waals surface area contributed by atoms with Crippen LogP contribution in [0, 0.1) is 0 Å². The Labute approximate surface area is 210 Å². The van der Waals surface area contributed by atoms with E-state index in [1.54, 1.807) is 43.5 Å². The molecule has 0 bridgehead atoms. The maximum atomic E-state index is 13.3. The molecule has 0 radical (unpaired) electrons. The van der Waals surface area contributed by atoms with Gasteiger partial charge in [0, 0.05) is 29.5 Å². The lowest BCUT2D eigenvalue weighted by Crippen LogP contribution is -2.47. The number of allylic oxidation sites excluding steroid dienone is 1. The Morgan fingerprint density at radius 1 is 1.17 bits per heavy atom. The molecule has 3 aromatic rings. The van der Waals surface area contributed by atoms with Gasteiger partial charge in [0.2, 0.25) is 0 Å². The van der Waals surface area contributed by atoms with E-state index in [4.69, 9.17) is 17.0 Å². The number of esters is 1. The molecule has 1 aliphatic heterocycles. The van der Waals surface area contributed by atoms with Crippen LogP contribution >= 0.6 is 12.2 Å². The zero-order valence-electron chi connectivity index (χ0n) is 19.6. The van der Waals surface area contributed by atoms with Crippen LogP contribution in [0.4, 0.5) is 5.69 Å². The lowest BCUT2D eigenvalue weighted by molar-refractivity contribution is -0.139. The normalized spacial score (nSPS) is 16.3. The van der Waals surface area contributed by atoms with Gasteiger partial charge in [0.25, 0.3) is 10.0 Å². The van der Waals surface area contributed by atoms with E-state index in [1.807, 2.05) is 36.9 Å². The van der Waals surface area contributed by atoms with Crippen LogP contribution in [0.15, 0.2) is 77.0 Å². The number of para-hydroxylation sites is 1. The van der Waals surface area contributed by atoms with Crippen LogP contribution in [0.3, 0.4) is 0 Å². The Morgan fingerprint density at radius 3 is 2.66 bits per heavy atom. The van der Waals surface area contributed by atoms with E-state index < -0.39 is 22.0 Å². The monoisotopic (exact) mass is 510 g/mol. The smallest absolute Gasteiger partial charge is 0.338 e. The van der Waals surface area contributed by atoms with Gasteiger partial charge in [0.05, 0.1) is 23.7 Å². The molecule has 8 nitrogen and oxygen atoms in total. The molecule has 0 amide bonds. The average molecular weight is 511 g/mol. The molecule has 10 heteroatoms. The van der Waals surface area contributed by atoms with Crippen molar-refractivity contribution in [3.8, 4) is 0 Å². The number of hydrogen-bond acceptors (Lipinski definition) is 6. The van der Waals surface area contributed by atoms with E-state index in [0.717, 1.165) is 5.39 Å². The summed E-state index contributed by atoms with van der Waals surface area (Å²) in [5.74, 6) is -0.448. The summed E-state index contributed by atoms with van der Waals surface area (Å²) in [6.45, 7) is 6.34. The van der Waals surface area contributed by atoms with Gasteiger partial charge in [-0.3, -0.25) is 9.71 Å². The quantitative estimate of drug-likeness (QED) is 0.362. The molecule has 2 N–H and O–H groups in total. The predicted molar refractivity (Wildman–Crippen MR) is 139 cm³/mol. The molecule has 1 unspecified atom stereocenters. The zero-order valence-corrected chi connectivity index (χ0v) is 21.2. The van der Waals surface area contributed by atoms with Crippen LogP contribution in [-0.2, 0) is 19.6 Å². The van der Waals surface area contributed by atoms with Gasteiger partial charge in [-0.15, -0.1) is 0 Å². The van der Waals surface area contributed by atoms with Crippen LogP contribution in [0.25, 0.3) is 10.9 Å². The Balaban J connectivity index is 1.72. The summed E-state index contributed by atoms with van der Waals surface area (Å²) < 4.78 is 34.5. The Bertz CT molecular complexity index is 1430. The lowest BCUT2D eigenvalue weighted by Gasteiger charge is -2.37. The second-order valence-electron chi connectivity index (χ2n) is 7.91. The van der Waals surface area contributed by atoms with Gasteiger partial charge < -0.3 is 15.0 Å². The van der Waals surface area contributed by atoms with Crippen molar-refractivity contribution in [2.45, 2.75) is 31.7 Å². The van der Waals surface area contributed by atoms with Gasteiger partial charge >= 0.3 is 5.97 Å². The van der Waals surface area contributed by atoms with E-state index in [-0.39, 0.29) is 11.5 Å². The fourth-order valence-corrected chi connectivity index (χ4v) is 5.78. The number of rotatable bonds is 7. The highest BCUT2D eigenvalue weighted by Crippen LogP contribution is 2.33. The SMILES string of the molecule is CCOC(=O)C1=C(C)N(CC)C(=S)NC1c1cccc(NS(=O)(=O)c2cccc3cccnc23)c1. The van der Waals surface area contributed by atoms with E-state index in [9.17, 15) is 13.2 Å². The first-order chi connectivity index (χ1) is 16.8. The van der Waals surface area contributed by atoms with Gasteiger partial charge in [0.1, 0.15) is 4.90 Å². The first-order valence-corrected chi connectivity index (χ1v) is 13.1. The summed E-state index contributed by atoms with van der Waals surface area (Å²) in [6.07, 6.45) is 1.56. The Hall–Kier alpha value is -3.50. The summed E-state index contributed by atoms with van der Waals surface area (Å²) in [6, 6.07) is 14.9. The molecule has 0 saturated carbocycles. The number of pyridine rings is 1. The summed E-state index contributed by atoms with van der Waals surface area (Å²) in [5.41, 5.74) is 2.54. The number of carbonyl (C=O) groups excluding carboxylic acids is 1. The number of nitrogens with zero attached hydrogens (tertiary/aromatic N) is 2. The average Bonchev–Trinajstić information content (AvgIpc) is 2.83. The molecule has 1 aliphatic rings. The van der Waals surface area contributed by atoms with Gasteiger partial charge in [0.15, 0.2) is 5.11 Å². The molecule has 2 aromatic carbocycles. The Kier molecular flexibility index (Phi) is 7.04. The Morgan fingerprint density at radius 2 is 1.91 bits per heavy atom. The number of ether oxygens (including phenoxy) is 1. The van der Waals surface area contributed by atoms with Crippen molar-refractivity contribution >= 4 is 49.9 Å².